The van der Waals surface area contributed by atoms with Crippen LogP contribution in [0.4, 0.5) is 5.69 Å². The summed E-state index contributed by atoms with van der Waals surface area (Å²) in [4.78, 5) is 24.2. The van der Waals surface area contributed by atoms with Crippen molar-refractivity contribution in [2.45, 2.75) is 33.1 Å². The van der Waals surface area contributed by atoms with E-state index >= 15 is 0 Å². The minimum atomic E-state index is -0.307. The minimum absolute atomic E-state index is 0.0720. The summed E-state index contributed by atoms with van der Waals surface area (Å²) in [6, 6.07) is 9.15. The summed E-state index contributed by atoms with van der Waals surface area (Å²) < 4.78 is 5.11. The summed E-state index contributed by atoms with van der Waals surface area (Å²) in [5, 5.41) is 18.4. The van der Waals surface area contributed by atoms with E-state index in [0.29, 0.717) is 30.1 Å². The van der Waals surface area contributed by atoms with Gasteiger partial charge in [0.05, 0.1) is 5.69 Å². The molecule has 0 saturated carbocycles. The molecule has 2 heterocycles. The molecule has 0 aliphatic rings. The Morgan fingerprint density at radius 1 is 1.11 bits per heavy atom. The number of hydrogen-bond donors (Lipinski definition) is 2. The summed E-state index contributed by atoms with van der Waals surface area (Å²) in [5.74, 6) is 0.401. The number of anilines is 1. The van der Waals surface area contributed by atoms with E-state index in [1.54, 1.807) is 12.1 Å². The molecule has 3 rings (SSSR count). The largest absolute Gasteiger partial charge is 0.361 e. The topological polar surface area (TPSA) is 110 Å². The molecule has 146 valence electrons. The average molecular weight is 399 g/mol. The molecule has 0 spiro atoms. The number of benzene rings is 1. The number of para-hydroxylation sites is 1. The van der Waals surface area contributed by atoms with Gasteiger partial charge in [-0.3, -0.25) is 9.59 Å². The van der Waals surface area contributed by atoms with Crippen molar-refractivity contribution in [1.82, 2.24) is 20.7 Å². The van der Waals surface area contributed by atoms with Crippen LogP contribution in [0.1, 0.15) is 38.2 Å². The molecule has 3 aromatic rings. The lowest BCUT2D eigenvalue weighted by molar-refractivity contribution is -0.121. The average Bonchev–Trinajstić information content (AvgIpc) is 3.29. The predicted octanol–water partition coefficient (Wildman–Crippen LogP) is 2.69. The van der Waals surface area contributed by atoms with Crippen LogP contribution in [0.3, 0.4) is 0 Å². The second-order valence-corrected chi connectivity index (χ2v) is 7.29. The van der Waals surface area contributed by atoms with E-state index in [2.05, 4.69) is 26.0 Å². The van der Waals surface area contributed by atoms with Crippen molar-refractivity contribution in [1.29, 1.82) is 0 Å². The molecule has 9 heteroatoms. The van der Waals surface area contributed by atoms with E-state index in [1.807, 2.05) is 32.0 Å². The quantitative estimate of drug-likeness (QED) is 0.603. The first-order chi connectivity index (χ1) is 13.5. The number of aromatic nitrogens is 3. The highest BCUT2D eigenvalue weighted by Gasteiger charge is 2.14. The molecular formula is C19H21N5O3S. The number of amides is 2. The Morgan fingerprint density at radius 2 is 1.89 bits per heavy atom. The van der Waals surface area contributed by atoms with Gasteiger partial charge in [0.25, 0.3) is 5.91 Å². The number of carbonyl (C=O) groups is 2. The number of nitrogens with zero attached hydrogens (tertiary/aromatic N) is 3. The monoisotopic (exact) mass is 399 g/mol. The molecule has 0 atom stereocenters. The van der Waals surface area contributed by atoms with Gasteiger partial charge in [-0.05, 0) is 32.4 Å². The molecule has 2 amide bonds. The van der Waals surface area contributed by atoms with E-state index in [-0.39, 0.29) is 23.2 Å². The maximum atomic E-state index is 12.2. The van der Waals surface area contributed by atoms with Gasteiger partial charge in [0, 0.05) is 30.6 Å². The van der Waals surface area contributed by atoms with E-state index in [4.69, 9.17) is 4.52 Å². The number of carbonyl (C=O) groups excluding carboxylic acids is 2. The highest BCUT2D eigenvalue weighted by atomic mass is 32.1. The van der Waals surface area contributed by atoms with Crippen LogP contribution in [-0.4, -0.2) is 33.7 Å². The molecular weight excluding hydrogens is 378 g/mol. The lowest BCUT2D eigenvalue weighted by atomic mass is 10.1. The van der Waals surface area contributed by atoms with Crippen molar-refractivity contribution in [2.75, 3.05) is 11.9 Å². The van der Waals surface area contributed by atoms with E-state index in [1.165, 1.54) is 11.3 Å². The van der Waals surface area contributed by atoms with Gasteiger partial charge in [-0.25, -0.2) is 0 Å². The zero-order valence-corrected chi connectivity index (χ0v) is 16.5. The Bertz CT molecular complexity index is 932. The van der Waals surface area contributed by atoms with Crippen molar-refractivity contribution in [2.24, 2.45) is 0 Å². The highest BCUT2D eigenvalue weighted by molar-refractivity contribution is 7.13. The second kappa shape index (κ2) is 9.23. The second-order valence-electron chi connectivity index (χ2n) is 6.22. The lowest BCUT2D eigenvalue weighted by Gasteiger charge is -2.04. The molecule has 1 aromatic carbocycles. The van der Waals surface area contributed by atoms with Crippen LogP contribution in [0.2, 0.25) is 0 Å². The van der Waals surface area contributed by atoms with Gasteiger partial charge < -0.3 is 15.2 Å². The van der Waals surface area contributed by atoms with E-state index < -0.39 is 0 Å². The van der Waals surface area contributed by atoms with Gasteiger partial charge in [0.1, 0.15) is 10.8 Å². The fourth-order valence-electron chi connectivity index (χ4n) is 2.65. The zero-order valence-electron chi connectivity index (χ0n) is 15.7. The van der Waals surface area contributed by atoms with Gasteiger partial charge in [-0.15, -0.1) is 10.2 Å². The predicted molar refractivity (Wildman–Crippen MR) is 105 cm³/mol. The third-order valence-electron chi connectivity index (χ3n) is 4.14. The third kappa shape index (κ3) is 5.23. The third-order valence-corrected chi connectivity index (χ3v) is 5.12. The van der Waals surface area contributed by atoms with Gasteiger partial charge in [0.15, 0.2) is 0 Å². The van der Waals surface area contributed by atoms with Gasteiger partial charge in [-0.2, -0.15) is 0 Å². The minimum Gasteiger partial charge on any atom is -0.361 e. The highest BCUT2D eigenvalue weighted by Crippen LogP contribution is 2.15. The normalized spacial score (nSPS) is 10.6. The number of hydrogen-bond acceptors (Lipinski definition) is 7. The number of nitrogens with one attached hydrogen (secondary N) is 2. The molecule has 0 aliphatic carbocycles. The van der Waals surface area contributed by atoms with Crippen molar-refractivity contribution in [3.63, 3.8) is 0 Å². The molecule has 0 radical (unpaired) electrons. The van der Waals surface area contributed by atoms with Crippen LogP contribution in [0.25, 0.3) is 0 Å². The molecule has 28 heavy (non-hydrogen) atoms. The fourth-order valence-corrected chi connectivity index (χ4v) is 3.38. The summed E-state index contributed by atoms with van der Waals surface area (Å²) >= 11 is 1.19. The van der Waals surface area contributed by atoms with Crippen LogP contribution in [-0.2, 0) is 17.6 Å². The Hall–Kier alpha value is -3.07. The summed E-state index contributed by atoms with van der Waals surface area (Å²) in [7, 11) is 0. The Kier molecular flexibility index (Phi) is 6.49. The molecule has 0 saturated heterocycles. The Labute approximate surface area is 166 Å². The first-order valence-electron chi connectivity index (χ1n) is 8.90. The molecule has 0 unspecified atom stereocenters. The van der Waals surface area contributed by atoms with E-state index in [0.717, 1.165) is 17.0 Å². The van der Waals surface area contributed by atoms with Crippen molar-refractivity contribution in [3.8, 4) is 0 Å². The lowest BCUT2D eigenvalue weighted by Crippen LogP contribution is -2.26. The van der Waals surface area contributed by atoms with Crippen molar-refractivity contribution in [3.05, 3.63) is 57.4 Å². The van der Waals surface area contributed by atoms with Gasteiger partial charge in [0.2, 0.25) is 10.9 Å². The first kappa shape index (κ1) is 19.7. The Balaban J connectivity index is 1.42. The molecule has 2 aromatic heterocycles. The summed E-state index contributed by atoms with van der Waals surface area (Å²) in [5.41, 5.74) is 2.57. The molecule has 0 aliphatic heterocycles. The number of rotatable bonds is 8. The Morgan fingerprint density at radius 3 is 2.61 bits per heavy atom. The first-order valence-corrected chi connectivity index (χ1v) is 9.72. The van der Waals surface area contributed by atoms with Crippen molar-refractivity contribution >= 4 is 28.8 Å². The maximum Gasteiger partial charge on any atom is 0.286 e. The zero-order chi connectivity index (χ0) is 19.9. The summed E-state index contributed by atoms with van der Waals surface area (Å²) in [6.45, 7) is 4.26. The maximum absolute atomic E-state index is 12.2. The van der Waals surface area contributed by atoms with Gasteiger partial charge >= 0.3 is 0 Å². The molecule has 0 fully saturated rings. The van der Waals surface area contributed by atoms with Crippen LogP contribution in [0.5, 0.6) is 0 Å². The SMILES string of the molecule is Cc1noc(C)c1CCNC(=O)CCc1nnc(C(=O)Nc2ccccc2)s1. The molecule has 8 nitrogen and oxygen atoms in total. The number of aryl methyl sites for hydroxylation is 3. The van der Waals surface area contributed by atoms with E-state index in [9.17, 15) is 9.59 Å². The summed E-state index contributed by atoms with van der Waals surface area (Å²) in [6.07, 6.45) is 1.40. The van der Waals surface area contributed by atoms with Crippen LogP contribution < -0.4 is 10.6 Å². The van der Waals surface area contributed by atoms with Gasteiger partial charge in [-0.1, -0.05) is 34.7 Å². The van der Waals surface area contributed by atoms with Crippen molar-refractivity contribution < 1.29 is 14.1 Å². The van der Waals surface area contributed by atoms with Crippen LogP contribution >= 0.6 is 11.3 Å². The molecule has 2 N–H and O–H groups in total. The standard InChI is InChI=1S/C19H21N5O3S/c1-12-15(13(2)27-24-12)10-11-20-16(25)8-9-17-22-23-19(28-17)18(26)21-14-6-4-3-5-7-14/h3-7H,8-11H2,1-2H3,(H,20,25)(H,21,26). The smallest absolute Gasteiger partial charge is 0.286 e. The molecule has 0 bridgehead atoms. The van der Waals surface area contributed by atoms with Crippen LogP contribution in [0, 0.1) is 13.8 Å². The van der Waals surface area contributed by atoms with Crippen LogP contribution in [0.15, 0.2) is 34.9 Å². The fraction of sp³-hybridized carbons (Fsp3) is 0.316.